The Morgan fingerprint density at radius 1 is 0.921 bits per heavy atom. The number of rotatable bonds is 4. The molecule has 3 atom stereocenters. The third kappa shape index (κ3) is 3.16. The van der Waals surface area contributed by atoms with Crippen molar-refractivity contribution < 1.29 is 42.8 Å². The predicted molar refractivity (Wildman–Crippen MR) is 133 cm³/mol. The van der Waals surface area contributed by atoms with Gasteiger partial charge < -0.3 is 33.7 Å². The average molecular weight is 542 g/mol. The minimum absolute atomic E-state index is 0.0170. The molecule has 1 aliphatic carbocycles. The number of ketones is 2. The molecule has 38 heavy (non-hydrogen) atoms. The lowest BCUT2D eigenvalue weighted by molar-refractivity contribution is -0.131. The number of nitrogens with one attached hydrogen (secondary N) is 1. The highest BCUT2D eigenvalue weighted by Crippen LogP contribution is 2.56. The Balaban J connectivity index is 1.50. The Hall–Kier alpha value is -3.92. The summed E-state index contributed by atoms with van der Waals surface area (Å²) >= 11 is 6.54. The lowest BCUT2D eigenvalue weighted by Gasteiger charge is -2.41. The first-order valence-electron chi connectivity index (χ1n) is 12.0. The number of amides is 1. The molecule has 0 radical (unpaired) electrons. The van der Waals surface area contributed by atoms with Crippen LogP contribution in [0, 0.1) is 5.92 Å². The highest BCUT2D eigenvalue weighted by Gasteiger charge is 2.63. The molecule has 3 heterocycles. The normalized spacial score (nSPS) is 25.1. The van der Waals surface area contributed by atoms with Crippen LogP contribution in [0.3, 0.4) is 0 Å². The molecule has 1 N–H and O–H groups in total. The Morgan fingerprint density at radius 3 is 2.37 bits per heavy atom. The molecule has 0 saturated carbocycles. The van der Waals surface area contributed by atoms with Gasteiger partial charge in [-0.15, -0.1) is 0 Å². The summed E-state index contributed by atoms with van der Waals surface area (Å²) in [6.45, 7) is 1.77. The monoisotopic (exact) mass is 541 g/mol. The van der Waals surface area contributed by atoms with Crippen LogP contribution in [0.5, 0.6) is 34.5 Å². The van der Waals surface area contributed by atoms with Crippen molar-refractivity contribution in [2.75, 3.05) is 28.1 Å². The number of carbonyl (C=O) groups excluding carboxylic acids is 3. The van der Waals surface area contributed by atoms with Gasteiger partial charge in [-0.3, -0.25) is 14.4 Å². The van der Waals surface area contributed by atoms with Crippen molar-refractivity contribution in [3.05, 3.63) is 45.6 Å². The number of benzene rings is 2. The second-order valence-corrected chi connectivity index (χ2v) is 9.93. The molecule has 1 spiro atoms. The summed E-state index contributed by atoms with van der Waals surface area (Å²) in [5.41, 5.74) is -0.415. The van der Waals surface area contributed by atoms with E-state index in [9.17, 15) is 14.4 Å². The van der Waals surface area contributed by atoms with Gasteiger partial charge in [0.25, 0.3) is 0 Å². The molecule has 6 rings (SSSR count). The summed E-state index contributed by atoms with van der Waals surface area (Å²) in [4.78, 5) is 41.3. The van der Waals surface area contributed by atoms with E-state index in [2.05, 4.69) is 5.32 Å². The van der Waals surface area contributed by atoms with E-state index >= 15 is 0 Å². The van der Waals surface area contributed by atoms with E-state index in [0.717, 1.165) is 0 Å². The fourth-order valence-electron chi connectivity index (χ4n) is 5.83. The topological polar surface area (TPSA) is 119 Å². The van der Waals surface area contributed by atoms with Crippen LogP contribution < -0.4 is 33.7 Å². The first-order valence-corrected chi connectivity index (χ1v) is 12.4. The Labute approximate surface area is 222 Å². The smallest absolute Gasteiger partial charge is 0.236 e. The Kier molecular flexibility index (Phi) is 5.50. The number of methoxy groups -OCH3 is 3. The zero-order chi connectivity index (χ0) is 26.9. The van der Waals surface area contributed by atoms with Gasteiger partial charge in [0.2, 0.25) is 35.6 Å². The summed E-state index contributed by atoms with van der Waals surface area (Å²) in [6.07, 6.45) is 0.207. The minimum atomic E-state index is -1.88. The molecule has 0 fully saturated rings. The molecule has 198 valence electrons. The first kappa shape index (κ1) is 24.4. The number of hydrogen-bond donors (Lipinski definition) is 1. The number of halogens is 1. The van der Waals surface area contributed by atoms with E-state index < -0.39 is 29.0 Å². The zero-order valence-corrected chi connectivity index (χ0v) is 21.8. The molecule has 0 aromatic heterocycles. The lowest BCUT2D eigenvalue weighted by Crippen LogP contribution is -2.59. The van der Waals surface area contributed by atoms with Crippen molar-refractivity contribution in [1.29, 1.82) is 0 Å². The molecule has 11 heteroatoms. The van der Waals surface area contributed by atoms with E-state index in [1.807, 2.05) is 0 Å². The average Bonchev–Trinajstić information content (AvgIpc) is 3.50. The van der Waals surface area contributed by atoms with Gasteiger partial charge in [-0.25, -0.2) is 0 Å². The second-order valence-electron chi connectivity index (χ2n) is 9.55. The fraction of sp³-hybridized carbons (Fsp3) is 0.370. The summed E-state index contributed by atoms with van der Waals surface area (Å²) in [5, 5.41) is 2.92. The standard InChI is InChI=1S/C27H24ClNO9/c1-11-5-14-20(13(8-19(30)29-14)12-6-17(35-4)23-18(7-12)36-10-37-23)25(31)27(11)26(32)21-15(33-2)9-16(34-3)22(28)24(21)38-27/h6-7,9,11,13H,5,8,10H2,1-4H3,(H,29,30). The highest BCUT2D eigenvalue weighted by molar-refractivity contribution is 6.36. The molecule has 3 aliphatic heterocycles. The molecule has 10 nitrogen and oxygen atoms in total. The van der Waals surface area contributed by atoms with E-state index in [0.29, 0.717) is 34.1 Å². The molecular formula is C27H24ClNO9. The minimum Gasteiger partial charge on any atom is -0.496 e. The second kappa shape index (κ2) is 8.56. The van der Waals surface area contributed by atoms with Crippen LogP contribution >= 0.6 is 11.6 Å². The van der Waals surface area contributed by atoms with Gasteiger partial charge in [0.15, 0.2) is 17.2 Å². The van der Waals surface area contributed by atoms with Crippen LogP contribution in [0.25, 0.3) is 0 Å². The summed E-state index contributed by atoms with van der Waals surface area (Å²) in [7, 11) is 4.34. The predicted octanol–water partition coefficient (Wildman–Crippen LogP) is 3.58. The number of allylic oxidation sites excluding steroid dienone is 1. The number of hydrogen-bond acceptors (Lipinski definition) is 9. The summed E-state index contributed by atoms with van der Waals surface area (Å²) in [6, 6.07) is 4.94. The van der Waals surface area contributed by atoms with Gasteiger partial charge >= 0.3 is 0 Å². The van der Waals surface area contributed by atoms with E-state index in [1.54, 1.807) is 19.1 Å². The first-order chi connectivity index (χ1) is 18.2. The van der Waals surface area contributed by atoms with Crippen LogP contribution in [0.1, 0.15) is 41.6 Å². The number of ether oxygens (including phenoxy) is 6. The maximum absolute atomic E-state index is 14.5. The molecule has 3 unspecified atom stereocenters. The van der Waals surface area contributed by atoms with Crippen LogP contribution in [0.2, 0.25) is 5.02 Å². The van der Waals surface area contributed by atoms with E-state index in [1.165, 1.54) is 27.4 Å². The Bertz CT molecular complexity index is 1470. The quantitative estimate of drug-likeness (QED) is 0.579. The van der Waals surface area contributed by atoms with Crippen molar-refractivity contribution in [3.8, 4) is 34.5 Å². The van der Waals surface area contributed by atoms with Crippen molar-refractivity contribution >= 4 is 29.1 Å². The van der Waals surface area contributed by atoms with Crippen LogP contribution in [0.4, 0.5) is 0 Å². The number of Topliss-reactive ketones (excluding diaryl/α,β-unsaturated/α-hetero) is 2. The molecular weight excluding hydrogens is 518 g/mol. The van der Waals surface area contributed by atoms with Crippen LogP contribution in [-0.2, 0) is 9.59 Å². The number of carbonyl (C=O) groups is 3. The summed E-state index contributed by atoms with van der Waals surface area (Å²) < 4.78 is 33.6. The maximum Gasteiger partial charge on any atom is 0.236 e. The maximum atomic E-state index is 14.5. The highest BCUT2D eigenvalue weighted by atomic mass is 35.5. The SMILES string of the molecule is COc1cc(OC)c2c(c1Cl)OC1(C(=O)C3=C(CC1C)NC(=O)CC3c1cc(OC)c3c(c1)OCO3)C2=O. The largest absolute Gasteiger partial charge is 0.496 e. The van der Waals surface area contributed by atoms with Crippen LogP contribution in [0.15, 0.2) is 29.5 Å². The molecule has 2 aromatic carbocycles. The summed E-state index contributed by atoms with van der Waals surface area (Å²) in [5.74, 6) is -0.820. The molecule has 0 saturated heterocycles. The molecule has 0 bridgehead atoms. The van der Waals surface area contributed by atoms with E-state index in [-0.39, 0.29) is 53.4 Å². The van der Waals surface area contributed by atoms with Gasteiger partial charge in [-0.1, -0.05) is 18.5 Å². The van der Waals surface area contributed by atoms with Gasteiger partial charge in [-0.2, -0.15) is 0 Å². The van der Waals surface area contributed by atoms with Crippen molar-refractivity contribution in [2.24, 2.45) is 5.92 Å². The van der Waals surface area contributed by atoms with Gasteiger partial charge in [0.05, 0.1) is 21.3 Å². The lowest BCUT2D eigenvalue weighted by atomic mass is 9.66. The number of fused-ring (bicyclic) bond motifs is 2. The van der Waals surface area contributed by atoms with E-state index in [4.69, 9.17) is 40.0 Å². The fourth-order valence-corrected chi connectivity index (χ4v) is 6.09. The van der Waals surface area contributed by atoms with Crippen molar-refractivity contribution in [2.45, 2.75) is 31.3 Å². The molecule has 2 aromatic rings. The van der Waals surface area contributed by atoms with Crippen LogP contribution in [-0.4, -0.2) is 51.2 Å². The molecule has 1 amide bonds. The zero-order valence-electron chi connectivity index (χ0n) is 21.1. The van der Waals surface area contributed by atoms with Crippen molar-refractivity contribution in [3.63, 3.8) is 0 Å². The van der Waals surface area contributed by atoms with Gasteiger partial charge in [0, 0.05) is 35.6 Å². The Morgan fingerprint density at radius 2 is 1.66 bits per heavy atom. The van der Waals surface area contributed by atoms with Crippen molar-refractivity contribution in [1.82, 2.24) is 5.32 Å². The third-order valence-corrected chi connectivity index (χ3v) is 8.00. The van der Waals surface area contributed by atoms with Gasteiger partial charge in [-0.05, 0) is 24.1 Å². The molecule has 4 aliphatic rings. The third-order valence-electron chi connectivity index (χ3n) is 7.64. The van der Waals surface area contributed by atoms with Gasteiger partial charge in [0.1, 0.15) is 22.1 Å².